The van der Waals surface area contributed by atoms with E-state index in [0.717, 1.165) is 109 Å². The topological polar surface area (TPSA) is 111 Å². The number of carbonyl (C=O) groups is 2. The Hall–Kier alpha value is -3.07. The van der Waals surface area contributed by atoms with Crippen molar-refractivity contribution < 1.29 is 37.3 Å². The number of quaternary nitrogens is 1. The fourth-order valence-electron chi connectivity index (χ4n) is 10.1. The van der Waals surface area contributed by atoms with Crippen LogP contribution in [0.2, 0.25) is 0 Å². The monoisotopic (exact) mass is 1210 g/mol. The number of hydrogen-bond donors (Lipinski definition) is 2. The standard InChI is InChI=1S/C75H135N2O7P/c1-7-10-13-16-19-22-25-28-30-32-34-36-37-38-39-41-43-45-47-50-53-56-59-62-65-68-75(79)84-73(66-63-60-57-54-51-48-27-24-21-18-15-12-9-3)72(71-83-85(80,81)82-70-69-77(4,5)6)76-74(78)67-64-61-58-55-52-49-46-44-42-40-35-33-31-29-26-23-20-17-14-11-8-2/h10,13,19-20,22-23,28-31,34,36,38-39,63,66,72-73H,7-9,11-12,14-18,21,24-27,32-33,35,37,40-62,64-65,67-71H2,1-6H3,(H-,76,78,80,81)/p+1/b13-10-,22-19-,23-20-,30-28-,31-29-,36-34-,39-38-,66-63+. The maximum atomic E-state index is 13.6. The van der Waals surface area contributed by atoms with Crippen LogP contribution in [0.15, 0.2) is 97.2 Å². The third kappa shape index (κ3) is 65.2. The SMILES string of the molecule is CC/C=C\C/C=C\C/C=C\C/C=C\C/C=C\CCCCCCCCCCCC(=O)OC(/C=C/CCCCCCCCCCCCC)C(COP(=O)(O)OCC[N+](C)(C)C)NC(=O)CCCCCCCCCCCCC/C=C\C/C=C\CCCCC. The maximum Gasteiger partial charge on any atom is 0.472 e. The van der Waals surface area contributed by atoms with E-state index in [4.69, 9.17) is 13.8 Å². The smallest absolute Gasteiger partial charge is 0.456 e. The number of carbonyl (C=O) groups excluding carboxylic acids is 2. The summed E-state index contributed by atoms with van der Waals surface area (Å²) in [4.78, 5) is 37.9. The molecule has 0 spiro atoms. The van der Waals surface area contributed by atoms with E-state index in [1.807, 2.05) is 33.3 Å². The number of nitrogens with zero attached hydrogens (tertiary/aromatic N) is 1. The van der Waals surface area contributed by atoms with Crippen LogP contribution in [0.4, 0.5) is 0 Å². The highest BCUT2D eigenvalue weighted by molar-refractivity contribution is 7.47. The van der Waals surface area contributed by atoms with Crippen molar-refractivity contribution >= 4 is 19.7 Å². The molecule has 0 aliphatic carbocycles. The summed E-state index contributed by atoms with van der Waals surface area (Å²) in [6, 6.07) is -0.858. The molecule has 3 atom stereocenters. The highest BCUT2D eigenvalue weighted by Crippen LogP contribution is 2.43. The summed E-state index contributed by atoms with van der Waals surface area (Å²) in [7, 11) is 1.49. The lowest BCUT2D eigenvalue weighted by Gasteiger charge is -2.27. The number of phosphoric ester groups is 1. The zero-order valence-electron chi connectivity index (χ0n) is 56.3. The number of rotatable bonds is 64. The Morgan fingerprint density at radius 1 is 0.424 bits per heavy atom. The first-order chi connectivity index (χ1) is 41.4. The molecule has 2 N–H and O–H groups in total. The summed E-state index contributed by atoms with van der Waals surface area (Å²) in [5, 5.41) is 3.07. The van der Waals surface area contributed by atoms with Crippen LogP contribution in [-0.4, -0.2) is 74.3 Å². The predicted molar refractivity (Wildman–Crippen MR) is 369 cm³/mol. The van der Waals surface area contributed by atoms with Gasteiger partial charge in [0.05, 0.1) is 33.8 Å². The van der Waals surface area contributed by atoms with Crippen LogP contribution in [0.25, 0.3) is 0 Å². The van der Waals surface area contributed by atoms with Gasteiger partial charge >= 0.3 is 13.8 Å². The molecule has 492 valence electrons. The number of nitrogens with one attached hydrogen (secondary N) is 1. The Morgan fingerprint density at radius 2 is 0.753 bits per heavy atom. The zero-order chi connectivity index (χ0) is 62.1. The Labute approximate surface area is 526 Å². The van der Waals surface area contributed by atoms with Gasteiger partial charge in [-0.25, -0.2) is 4.57 Å². The minimum absolute atomic E-state index is 0.0357. The first kappa shape index (κ1) is 81.9. The van der Waals surface area contributed by atoms with E-state index in [2.05, 4.69) is 111 Å². The lowest BCUT2D eigenvalue weighted by molar-refractivity contribution is -0.870. The minimum Gasteiger partial charge on any atom is -0.456 e. The number of unbranched alkanes of at least 4 members (excludes halogenated alkanes) is 34. The fraction of sp³-hybridized carbons (Fsp3) is 0.760. The highest BCUT2D eigenvalue weighted by atomic mass is 31.2. The second kappa shape index (κ2) is 63.9. The number of amides is 1. The van der Waals surface area contributed by atoms with Crippen LogP contribution in [0.1, 0.15) is 316 Å². The molecule has 0 aromatic heterocycles. The molecule has 10 heteroatoms. The van der Waals surface area contributed by atoms with Gasteiger partial charge in [-0.05, 0) is 109 Å². The molecule has 0 aliphatic rings. The van der Waals surface area contributed by atoms with E-state index in [9.17, 15) is 19.0 Å². The molecule has 0 rings (SSSR count). The molecular weight excluding hydrogens is 1070 g/mol. The van der Waals surface area contributed by atoms with Gasteiger partial charge in [0.2, 0.25) is 5.91 Å². The Kier molecular flexibility index (Phi) is 61.6. The van der Waals surface area contributed by atoms with E-state index >= 15 is 0 Å². The quantitative estimate of drug-likeness (QED) is 0.0205. The Morgan fingerprint density at radius 3 is 1.15 bits per heavy atom. The molecule has 0 aromatic carbocycles. The third-order valence-corrected chi connectivity index (χ3v) is 16.5. The van der Waals surface area contributed by atoms with E-state index in [-0.39, 0.29) is 31.5 Å². The summed E-state index contributed by atoms with van der Waals surface area (Å²) in [6.07, 6.45) is 86.9. The van der Waals surface area contributed by atoms with Crippen LogP contribution < -0.4 is 5.32 Å². The molecule has 0 radical (unpaired) electrons. The minimum atomic E-state index is -4.46. The number of phosphoric acid groups is 1. The molecule has 0 saturated carbocycles. The van der Waals surface area contributed by atoms with Crippen LogP contribution in [0.5, 0.6) is 0 Å². The molecule has 85 heavy (non-hydrogen) atoms. The van der Waals surface area contributed by atoms with Crippen LogP contribution in [-0.2, 0) is 27.9 Å². The van der Waals surface area contributed by atoms with Crippen molar-refractivity contribution in [3.05, 3.63) is 97.2 Å². The van der Waals surface area contributed by atoms with Crippen molar-refractivity contribution in [1.29, 1.82) is 0 Å². The molecule has 0 fully saturated rings. The first-order valence-corrected chi connectivity index (χ1v) is 37.1. The van der Waals surface area contributed by atoms with Gasteiger partial charge in [0, 0.05) is 12.8 Å². The van der Waals surface area contributed by atoms with Gasteiger partial charge in [-0.1, -0.05) is 292 Å². The van der Waals surface area contributed by atoms with Gasteiger partial charge in [0.25, 0.3) is 0 Å². The molecule has 3 unspecified atom stereocenters. The number of allylic oxidation sites excluding steroid dienone is 15. The van der Waals surface area contributed by atoms with Crippen molar-refractivity contribution in [2.45, 2.75) is 328 Å². The molecule has 9 nitrogen and oxygen atoms in total. The average Bonchev–Trinajstić information content (AvgIpc) is 3.48. The molecule has 0 aromatic rings. The van der Waals surface area contributed by atoms with Gasteiger partial charge < -0.3 is 19.4 Å². The molecule has 0 saturated heterocycles. The van der Waals surface area contributed by atoms with Crippen molar-refractivity contribution in [2.75, 3.05) is 40.9 Å². The Balaban J connectivity index is 5.13. The lowest BCUT2D eigenvalue weighted by Crippen LogP contribution is -2.47. The van der Waals surface area contributed by atoms with E-state index < -0.39 is 20.0 Å². The highest BCUT2D eigenvalue weighted by Gasteiger charge is 2.30. The van der Waals surface area contributed by atoms with Crippen molar-refractivity contribution in [2.24, 2.45) is 0 Å². The summed E-state index contributed by atoms with van der Waals surface area (Å²) < 4.78 is 30.8. The summed E-state index contributed by atoms with van der Waals surface area (Å²) in [6.45, 7) is 6.90. The van der Waals surface area contributed by atoms with Gasteiger partial charge in [-0.2, -0.15) is 0 Å². The second-order valence-electron chi connectivity index (χ2n) is 25.0. The summed E-state index contributed by atoms with van der Waals surface area (Å²) in [5.41, 5.74) is 0. The van der Waals surface area contributed by atoms with E-state index in [1.165, 1.54) is 173 Å². The number of likely N-dealkylation sites (N-methyl/N-ethyl adjacent to an activating group) is 1. The maximum absolute atomic E-state index is 13.6. The predicted octanol–water partition coefficient (Wildman–Crippen LogP) is 22.7. The Bertz CT molecular complexity index is 1780. The van der Waals surface area contributed by atoms with Gasteiger partial charge in [0.1, 0.15) is 19.3 Å². The third-order valence-electron chi connectivity index (χ3n) is 15.5. The van der Waals surface area contributed by atoms with Crippen molar-refractivity contribution in [3.8, 4) is 0 Å². The molecule has 1 amide bonds. The second-order valence-corrected chi connectivity index (χ2v) is 26.5. The van der Waals surface area contributed by atoms with Gasteiger partial charge in [-0.3, -0.25) is 18.6 Å². The zero-order valence-corrected chi connectivity index (χ0v) is 57.2. The fourth-order valence-corrected chi connectivity index (χ4v) is 10.8. The number of hydrogen-bond acceptors (Lipinski definition) is 6. The summed E-state index contributed by atoms with van der Waals surface area (Å²) in [5.74, 6) is -0.509. The largest absolute Gasteiger partial charge is 0.472 e. The van der Waals surface area contributed by atoms with E-state index in [0.29, 0.717) is 17.4 Å². The van der Waals surface area contributed by atoms with Crippen molar-refractivity contribution in [3.63, 3.8) is 0 Å². The van der Waals surface area contributed by atoms with Gasteiger partial charge in [-0.15, -0.1) is 0 Å². The van der Waals surface area contributed by atoms with Crippen LogP contribution in [0, 0.1) is 0 Å². The number of esters is 1. The number of ether oxygens (including phenoxy) is 1. The van der Waals surface area contributed by atoms with Crippen LogP contribution in [0.3, 0.4) is 0 Å². The normalized spacial score (nSPS) is 14.1. The molecule has 0 bridgehead atoms. The molecule has 0 aliphatic heterocycles. The molecule has 0 heterocycles. The first-order valence-electron chi connectivity index (χ1n) is 35.6. The molecular formula is C75H136N2O7P+. The van der Waals surface area contributed by atoms with E-state index in [1.54, 1.807) is 0 Å². The summed E-state index contributed by atoms with van der Waals surface area (Å²) >= 11 is 0. The average molecular weight is 1210 g/mol. The van der Waals surface area contributed by atoms with Gasteiger partial charge in [0.15, 0.2) is 0 Å². The van der Waals surface area contributed by atoms with Crippen LogP contribution >= 0.6 is 7.82 Å². The van der Waals surface area contributed by atoms with Crippen molar-refractivity contribution in [1.82, 2.24) is 5.32 Å². The lowest BCUT2D eigenvalue weighted by atomic mass is 10.0.